The van der Waals surface area contributed by atoms with E-state index >= 15 is 0 Å². The van der Waals surface area contributed by atoms with Gasteiger partial charge in [0, 0.05) is 18.9 Å². The maximum atomic E-state index is 12.2. The Labute approximate surface area is 117 Å². The molecule has 2 heterocycles. The van der Waals surface area contributed by atoms with Crippen molar-refractivity contribution < 1.29 is 8.42 Å². The number of nitrogens with one attached hydrogen (secondary N) is 1. The molecule has 0 aliphatic rings. The van der Waals surface area contributed by atoms with Gasteiger partial charge >= 0.3 is 0 Å². The lowest BCUT2D eigenvalue weighted by molar-refractivity contribution is 0.582. The lowest BCUT2D eigenvalue weighted by Gasteiger charge is -2.06. The van der Waals surface area contributed by atoms with Crippen molar-refractivity contribution >= 4 is 15.7 Å². The van der Waals surface area contributed by atoms with E-state index in [9.17, 15) is 8.42 Å². The Kier molecular flexibility index (Phi) is 4.35. The molecule has 3 N–H and O–H groups in total. The van der Waals surface area contributed by atoms with E-state index in [2.05, 4.69) is 14.8 Å². The molecule has 0 amide bonds. The van der Waals surface area contributed by atoms with Crippen molar-refractivity contribution in [1.29, 1.82) is 0 Å². The minimum Gasteiger partial charge on any atom is -0.330 e. The zero-order chi connectivity index (χ0) is 14.6. The summed E-state index contributed by atoms with van der Waals surface area (Å²) in [4.78, 5) is 4.07. The third-order valence-corrected chi connectivity index (χ3v) is 3.97. The minimum absolute atomic E-state index is 0.121. The van der Waals surface area contributed by atoms with Gasteiger partial charge in [0.1, 0.15) is 4.90 Å². The molecule has 108 valence electrons. The quantitative estimate of drug-likeness (QED) is 0.818. The van der Waals surface area contributed by atoms with Crippen LogP contribution in [0.2, 0.25) is 0 Å². The Balaban J connectivity index is 2.16. The van der Waals surface area contributed by atoms with Crippen molar-refractivity contribution in [2.45, 2.75) is 24.8 Å². The first-order valence-electron chi connectivity index (χ1n) is 6.18. The Morgan fingerprint density at radius 1 is 1.35 bits per heavy atom. The van der Waals surface area contributed by atoms with Crippen LogP contribution in [0.25, 0.3) is 0 Å². The fraction of sp³-hybridized carbons (Fsp3) is 0.333. The summed E-state index contributed by atoms with van der Waals surface area (Å²) >= 11 is 0. The minimum atomic E-state index is -3.64. The molecule has 0 atom stereocenters. The second kappa shape index (κ2) is 6.02. The highest BCUT2D eigenvalue weighted by Gasteiger charge is 2.16. The van der Waals surface area contributed by atoms with Crippen LogP contribution in [-0.2, 0) is 16.6 Å². The Morgan fingerprint density at radius 2 is 2.15 bits per heavy atom. The summed E-state index contributed by atoms with van der Waals surface area (Å²) in [6.07, 6.45) is 6.67. The van der Waals surface area contributed by atoms with E-state index in [4.69, 9.17) is 5.73 Å². The number of anilines is 1. The third-order valence-electron chi connectivity index (χ3n) is 2.64. The summed E-state index contributed by atoms with van der Waals surface area (Å²) in [5, 5.41) is 4.01. The van der Waals surface area contributed by atoms with Gasteiger partial charge in [-0.25, -0.2) is 8.42 Å². The fourth-order valence-corrected chi connectivity index (χ4v) is 2.67. The first-order valence-corrected chi connectivity index (χ1v) is 7.66. The average Bonchev–Trinajstić information content (AvgIpc) is 2.85. The molecule has 7 nitrogen and oxygen atoms in total. The summed E-state index contributed by atoms with van der Waals surface area (Å²) < 4.78 is 28.4. The highest BCUT2D eigenvalue weighted by atomic mass is 32.2. The number of hydrogen-bond donors (Lipinski definition) is 2. The van der Waals surface area contributed by atoms with Crippen LogP contribution in [-0.4, -0.2) is 29.7 Å². The maximum absolute atomic E-state index is 12.2. The zero-order valence-electron chi connectivity index (χ0n) is 11.2. The van der Waals surface area contributed by atoms with Gasteiger partial charge in [0.15, 0.2) is 0 Å². The predicted octanol–water partition coefficient (Wildman–Crippen LogP) is 0.736. The van der Waals surface area contributed by atoms with Crippen molar-refractivity contribution in [3.8, 4) is 0 Å². The number of nitrogens with two attached hydrogens (primary N) is 1. The molecule has 0 fully saturated rings. The topological polar surface area (TPSA) is 103 Å². The monoisotopic (exact) mass is 295 g/mol. The number of nitrogens with zero attached hydrogens (tertiary/aromatic N) is 3. The SMILES string of the molecule is Cc1cncc(NS(=O)(=O)c2cnn(CCCN)c2)c1. The van der Waals surface area contributed by atoms with Crippen molar-refractivity contribution in [2.75, 3.05) is 11.3 Å². The standard InChI is InChI=1S/C12H17N5O2S/c1-10-5-11(7-14-6-10)16-20(18,19)12-8-15-17(9-12)4-2-3-13/h5-9,16H,2-4,13H2,1H3. The van der Waals surface area contributed by atoms with Gasteiger partial charge in [0.05, 0.1) is 18.1 Å². The first kappa shape index (κ1) is 14.5. The number of pyridine rings is 1. The number of aromatic nitrogens is 3. The van der Waals surface area contributed by atoms with Gasteiger partial charge in [-0.3, -0.25) is 14.4 Å². The van der Waals surface area contributed by atoms with Crippen molar-refractivity contribution in [2.24, 2.45) is 5.73 Å². The molecule has 0 saturated heterocycles. The molecule has 0 aliphatic heterocycles. The van der Waals surface area contributed by atoms with E-state index < -0.39 is 10.0 Å². The van der Waals surface area contributed by atoms with Gasteiger partial charge in [0.2, 0.25) is 0 Å². The lowest BCUT2D eigenvalue weighted by Crippen LogP contribution is -2.12. The molecule has 2 aromatic rings. The van der Waals surface area contributed by atoms with Crippen LogP contribution < -0.4 is 10.5 Å². The molecule has 0 unspecified atom stereocenters. The molecule has 0 bridgehead atoms. The summed E-state index contributed by atoms with van der Waals surface area (Å²) in [7, 11) is -3.64. The van der Waals surface area contributed by atoms with Gasteiger partial charge < -0.3 is 5.73 Å². The van der Waals surface area contributed by atoms with Crippen LogP contribution in [0.5, 0.6) is 0 Å². The normalized spacial score (nSPS) is 11.5. The predicted molar refractivity (Wildman–Crippen MR) is 75.7 cm³/mol. The molecular weight excluding hydrogens is 278 g/mol. The Hall–Kier alpha value is -1.93. The van der Waals surface area contributed by atoms with Crippen LogP contribution in [0.4, 0.5) is 5.69 Å². The number of hydrogen-bond acceptors (Lipinski definition) is 5. The smallest absolute Gasteiger partial charge is 0.265 e. The molecule has 0 aliphatic carbocycles. The molecule has 2 aromatic heterocycles. The Bertz CT molecular complexity index is 681. The van der Waals surface area contributed by atoms with Crippen LogP contribution in [0.3, 0.4) is 0 Å². The summed E-state index contributed by atoms with van der Waals surface area (Å²) in [5.74, 6) is 0. The van der Waals surface area contributed by atoms with Crippen LogP contribution >= 0.6 is 0 Å². The molecule has 0 saturated carbocycles. The second-order valence-electron chi connectivity index (χ2n) is 4.44. The van der Waals surface area contributed by atoms with E-state index in [-0.39, 0.29) is 4.90 Å². The van der Waals surface area contributed by atoms with Gasteiger partial charge in [-0.2, -0.15) is 5.10 Å². The van der Waals surface area contributed by atoms with E-state index in [1.165, 1.54) is 18.6 Å². The highest BCUT2D eigenvalue weighted by molar-refractivity contribution is 7.92. The Morgan fingerprint density at radius 3 is 2.85 bits per heavy atom. The van der Waals surface area contributed by atoms with Gasteiger partial charge in [0.25, 0.3) is 10.0 Å². The van der Waals surface area contributed by atoms with E-state index in [1.54, 1.807) is 16.9 Å². The molecule has 0 spiro atoms. The maximum Gasteiger partial charge on any atom is 0.265 e. The van der Waals surface area contributed by atoms with Crippen LogP contribution in [0.15, 0.2) is 35.7 Å². The highest BCUT2D eigenvalue weighted by Crippen LogP contribution is 2.15. The molecular formula is C12H17N5O2S. The van der Waals surface area contributed by atoms with E-state index in [0.29, 0.717) is 18.8 Å². The van der Waals surface area contributed by atoms with Crippen molar-refractivity contribution in [3.63, 3.8) is 0 Å². The molecule has 0 aromatic carbocycles. The second-order valence-corrected chi connectivity index (χ2v) is 6.12. The molecule has 8 heteroatoms. The van der Waals surface area contributed by atoms with Gasteiger partial charge in [-0.1, -0.05) is 0 Å². The average molecular weight is 295 g/mol. The number of rotatable bonds is 6. The van der Waals surface area contributed by atoms with Gasteiger partial charge in [-0.05, 0) is 31.5 Å². The summed E-state index contributed by atoms with van der Waals surface area (Å²) in [6.45, 7) is 2.98. The fourth-order valence-electron chi connectivity index (χ4n) is 1.68. The van der Waals surface area contributed by atoms with Crippen LogP contribution in [0.1, 0.15) is 12.0 Å². The molecule has 2 rings (SSSR count). The third kappa shape index (κ3) is 3.55. The summed E-state index contributed by atoms with van der Waals surface area (Å²) in [6, 6.07) is 1.71. The van der Waals surface area contributed by atoms with Crippen LogP contribution in [0, 0.1) is 6.92 Å². The lowest BCUT2D eigenvalue weighted by atomic mass is 10.3. The van der Waals surface area contributed by atoms with E-state index in [1.807, 2.05) is 6.92 Å². The number of sulfonamides is 1. The van der Waals surface area contributed by atoms with Crippen molar-refractivity contribution in [1.82, 2.24) is 14.8 Å². The van der Waals surface area contributed by atoms with Crippen molar-refractivity contribution in [3.05, 3.63) is 36.4 Å². The molecule has 20 heavy (non-hydrogen) atoms. The summed E-state index contributed by atoms with van der Waals surface area (Å²) in [5.41, 5.74) is 6.72. The largest absolute Gasteiger partial charge is 0.330 e. The number of aryl methyl sites for hydroxylation is 2. The first-order chi connectivity index (χ1) is 9.51. The zero-order valence-corrected chi connectivity index (χ0v) is 12.0. The van der Waals surface area contributed by atoms with Gasteiger partial charge in [-0.15, -0.1) is 0 Å². The van der Waals surface area contributed by atoms with E-state index in [0.717, 1.165) is 12.0 Å². The molecule has 0 radical (unpaired) electrons.